The van der Waals surface area contributed by atoms with Crippen LogP contribution < -0.4 is 10.5 Å². The zero-order valence-corrected chi connectivity index (χ0v) is 11.3. The van der Waals surface area contributed by atoms with Crippen LogP contribution in [0.5, 0.6) is 5.75 Å². The monoisotopic (exact) mass is 279 g/mol. The molecular weight excluding hydrogens is 266 g/mol. The van der Waals surface area contributed by atoms with E-state index in [4.69, 9.17) is 15.7 Å². The van der Waals surface area contributed by atoms with Gasteiger partial charge in [-0.2, -0.15) is 5.10 Å². The van der Waals surface area contributed by atoms with E-state index < -0.39 is 0 Å². The Labute approximate surface area is 114 Å². The molecule has 100 valence electrons. The van der Waals surface area contributed by atoms with Gasteiger partial charge in [-0.15, -0.1) is 0 Å². The topological polar surface area (TPSA) is 98.6 Å². The third kappa shape index (κ3) is 2.79. The zero-order valence-electron chi connectivity index (χ0n) is 10.4. The summed E-state index contributed by atoms with van der Waals surface area (Å²) in [6.07, 6.45) is 1.46. The standard InChI is InChI=1S/C11H13N5O2S/c1-16-11(13-6-14-16)19-9-5-7(18-2)3-4-8(9)10(12)15-17/h3-6,17H,1-2H3,(H2,12,15). The van der Waals surface area contributed by atoms with E-state index >= 15 is 0 Å². The maximum absolute atomic E-state index is 8.81. The molecule has 1 aromatic heterocycles. The fourth-order valence-corrected chi connectivity index (χ4v) is 2.39. The van der Waals surface area contributed by atoms with Crippen LogP contribution in [0.4, 0.5) is 0 Å². The maximum Gasteiger partial charge on any atom is 0.190 e. The van der Waals surface area contributed by atoms with Crippen molar-refractivity contribution < 1.29 is 9.94 Å². The number of oxime groups is 1. The van der Waals surface area contributed by atoms with Gasteiger partial charge in [-0.25, -0.2) is 9.67 Å². The van der Waals surface area contributed by atoms with E-state index in [1.165, 1.54) is 18.1 Å². The number of amidine groups is 1. The number of aryl methyl sites for hydroxylation is 1. The second kappa shape index (κ2) is 5.61. The Balaban J connectivity index is 2.44. The summed E-state index contributed by atoms with van der Waals surface area (Å²) in [6.45, 7) is 0. The molecule has 0 fully saturated rings. The second-order valence-corrected chi connectivity index (χ2v) is 4.62. The molecular formula is C11H13N5O2S. The molecule has 0 saturated heterocycles. The molecule has 1 aromatic carbocycles. The first-order valence-electron chi connectivity index (χ1n) is 5.33. The van der Waals surface area contributed by atoms with Crippen molar-refractivity contribution in [2.24, 2.45) is 17.9 Å². The molecule has 0 bridgehead atoms. The summed E-state index contributed by atoms with van der Waals surface area (Å²) in [4.78, 5) is 4.89. The third-order valence-electron chi connectivity index (χ3n) is 2.44. The first-order valence-corrected chi connectivity index (χ1v) is 6.15. The Bertz CT molecular complexity index is 611. The van der Waals surface area contributed by atoms with Crippen LogP contribution in [0.3, 0.4) is 0 Å². The molecule has 8 heteroatoms. The minimum atomic E-state index is 0.0346. The molecule has 0 saturated carbocycles. The number of ether oxygens (including phenoxy) is 1. The van der Waals surface area contributed by atoms with E-state index in [1.807, 2.05) is 0 Å². The molecule has 2 aromatic rings. The van der Waals surface area contributed by atoms with Crippen LogP contribution in [0.25, 0.3) is 0 Å². The predicted molar refractivity (Wildman–Crippen MR) is 70.6 cm³/mol. The normalized spacial score (nSPS) is 11.6. The molecule has 7 nitrogen and oxygen atoms in total. The van der Waals surface area contributed by atoms with Crippen molar-refractivity contribution in [3.63, 3.8) is 0 Å². The molecule has 1 heterocycles. The fourth-order valence-electron chi connectivity index (χ4n) is 1.46. The lowest BCUT2D eigenvalue weighted by atomic mass is 10.2. The predicted octanol–water partition coefficient (Wildman–Crippen LogP) is 1.07. The Morgan fingerprint density at radius 2 is 2.32 bits per heavy atom. The smallest absolute Gasteiger partial charge is 0.190 e. The number of rotatable bonds is 4. The summed E-state index contributed by atoms with van der Waals surface area (Å²) in [6, 6.07) is 5.27. The van der Waals surface area contributed by atoms with Crippen molar-refractivity contribution in [3.05, 3.63) is 30.1 Å². The lowest BCUT2D eigenvalue weighted by molar-refractivity contribution is 0.318. The van der Waals surface area contributed by atoms with Crippen molar-refractivity contribution in [2.45, 2.75) is 10.1 Å². The summed E-state index contributed by atoms with van der Waals surface area (Å²) < 4.78 is 6.81. The molecule has 0 unspecified atom stereocenters. The zero-order chi connectivity index (χ0) is 13.8. The van der Waals surface area contributed by atoms with Gasteiger partial charge in [-0.3, -0.25) is 0 Å². The number of methoxy groups -OCH3 is 1. The van der Waals surface area contributed by atoms with Gasteiger partial charge < -0.3 is 15.7 Å². The minimum Gasteiger partial charge on any atom is -0.497 e. The number of nitrogens with zero attached hydrogens (tertiary/aromatic N) is 4. The Morgan fingerprint density at radius 1 is 1.53 bits per heavy atom. The first kappa shape index (κ1) is 13.2. The average Bonchev–Trinajstić information content (AvgIpc) is 2.83. The number of hydrogen-bond acceptors (Lipinski definition) is 6. The van der Waals surface area contributed by atoms with Gasteiger partial charge >= 0.3 is 0 Å². The Kier molecular flexibility index (Phi) is 3.91. The minimum absolute atomic E-state index is 0.0346. The summed E-state index contributed by atoms with van der Waals surface area (Å²) in [7, 11) is 3.37. The molecule has 0 aliphatic carbocycles. The molecule has 0 amide bonds. The van der Waals surface area contributed by atoms with Crippen molar-refractivity contribution in [3.8, 4) is 5.75 Å². The number of nitrogens with two attached hydrogens (primary N) is 1. The van der Waals surface area contributed by atoms with Gasteiger partial charge in [0.25, 0.3) is 0 Å². The van der Waals surface area contributed by atoms with Crippen LogP contribution in [0.2, 0.25) is 0 Å². The molecule has 2 rings (SSSR count). The molecule has 0 aliphatic heterocycles. The van der Waals surface area contributed by atoms with Crippen molar-refractivity contribution in [1.29, 1.82) is 0 Å². The second-order valence-electron chi connectivity index (χ2n) is 3.62. The average molecular weight is 279 g/mol. The lowest BCUT2D eigenvalue weighted by Gasteiger charge is -2.09. The SMILES string of the molecule is COc1ccc(/C(N)=N/O)c(Sc2ncnn2C)c1. The summed E-state index contributed by atoms with van der Waals surface area (Å²) in [5.74, 6) is 0.714. The van der Waals surface area contributed by atoms with Crippen LogP contribution in [0.15, 0.2) is 39.7 Å². The number of aromatic nitrogens is 3. The van der Waals surface area contributed by atoms with E-state index in [0.29, 0.717) is 16.5 Å². The van der Waals surface area contributed by atoms with Gasteiger partial charge in [-0.1, -0.05) is 5.16 Å². The summed E-state index contributed by atoms with van der Waals surface area (Å²) in [5.41, 5.74) is 6.26. The van der Waals surface area contributed by atoms with Crippen LogP contribution >= 0.6 is 11.8 Å². The van der Waals surface area contributed by atoms with Crippen LogP contribution in [-0.4, -0.2) is 32.9 Å². The molecule has 19 heavy (non-hydrogen) atoms. The van der Waals surface area contributed by atoms with E-state index in [9.17, 15) is 0 Å². The summed E-state index contributed by atoms with van der Waals surface area (Å²) in [5, 5.41) is 16.5. The van der Waals surface area contributed by atoms with Crippen LogP contribution in [-0.2, 0) is 7.05 Å². The highest BCUT2D eigenvalue weighted by Crippen LogP contribution is 2.31. The van der Waals surface area contributed by atoms with Gasteiger partial charge in [0.1, 0.15) is 12.1 Å². The molecule has 3 N–H and O–H groups in total. The van der Waals surface area contributed by atoms with Gasteiger partial charge in [0.2, 0.25) is 0 Å². The van der Waals surface area contributed by atoms with Crippen molar-refractivity contribution in [1.82, 2.24) is 14.8 Å². The van der Waals surface area contributed by atoms with Gasteiger partial charge in [-0.05, 0) is 30.0 Å². The van der Waals surface area contributed by atoms with Gasteiger partial charge in [0.15, 0.2) is 11.0 Å². The quantitative estimate of drug-likeness (QED) is 0.376. The highest BCUT2D eigenvalue weighted by molar-refractivity contribution is 7.99. The number of benzene rings is 1. The molecule has 0 aliphatic rings. The Morgan fingerprint density at radius 3 is 2.89 bits per heavy atom. The highest BCUT2D eigenvalue weighted by atomic mass is 32.2. The van der Waals surface area contributed by atoms with Crippen molar-refractivity contribution >= 4 is 17.6 Å². The van der Waals surface area contributed by atoms with Crippen LogP contribution in [0, 0.1) is 0 Å². The highest BCUT2D eigenvalue weighted by Gasteiger charge is 2.12. The van der Waals surface area contributed by atoms with E-state index in [1.54, 1.807) is 37.0 Å². The molecule has 0 atom stereocenters. The molecule has 0 radical (unpaired) electrons. The molecule has 0 spiro atoms. The maximum atomic E-state index is 8.81. The summed E-state index contributed by atoms with van der Waals surface area (Å²) >= 11 is 1.36. The van der Waals surface area contributed by atoms with E-state index in [0.717, 1.165) is 4.90 Å². The third-order valence-corrected chi connectivity index (χ3v) is 3.55. The van der Waals surface area contributed by atoms with E-state index in [-0.39, 0.29) is 5.84 Å². The largest absolute Gasteiger partial charge is 0.497 e. The fraction of sp³-hybridized carbons (Fsp3) is 0.182. The van der Waals surface area contributed by atoms with Gasteiger partial charge in [0, 0.05) is 17.5 Å². The van der Waals surface area contributed by atoms with Gasteiger partial charge in [0.05, 0.1) is 7.11 Å². The Hall–Kier alpha value is -2.22. The van der Waals surface area contributed by atoms with E-state index in [2.05, 4.69) is 15.2 Å². The lowest BCUT2D eigenvalue weighted by Crippen LogP contribution is -2.14. The first-order chi connectivity index (χ1) is 9.15. The number of hydrogen-bond donors (Lipinski definition) is 2. The van der Waals surface area contributed by atoms with Crippen LogP contribution in [0.1, 0.15) is 5.56 Å². The van der Waals surface area contributed by atoms with Crippen molar-refractivity contribution in [2.75, 3.05) is 7.11 Å².